The molecule has 3 aromatic rings. The zero-order valence-corrected chi connectivity index (χ0v) is 15.3. The number of ether oxygens (including phenoxy) is 4. The number of anilines is 3. The Morgan fingerprint density at radius 3 is 2.24 bits per heavy atom. The van der Waals surface area contributed by atoms with E-state index in [0.717, 1.165) is 17.1 Å². The van der Waals surface area contributed by atoms with Crippen LogP contribution < -0.4 is 29.6 Å². The van der Waals surface area contributed by atoms with Crippen LogP contribution in [-0.4, -0.2) is 30.9 Å². The van der Waals surface area contributed by atoms with Gasteiger partial charge in [0.1, 0.15) is 18.9 Å². The van der Waals surface area contributed by atoms with Crippen molar-refractivity contribution < 1.29 is 23.7 Å². The fourth-order valence-electron chi connectivity index (χ4n) is 3.06. The molecule has 1 aromatic heterocycles. The summed E-state index contributed by atoms with van der Waals surface area (Å²) in [5.74, 6) is 2.39. The van der Waals surface area contributed by atoms with Gasteiger partial charge in [0.15, 0.2) is 23.0 Å². The summed E-state index contributed by atoms with van der Waals surface area (Å²) in [4.78, 5) is 16.7. The molecule has 2 aliphatic heterocycles. The molecular weight excluding hydrogens is 374 g/mol. The Balaban J connectivity index is 1.25. The lowest BCUT2D eigenvalue weighted by Gasteiger charge is -2.19. The molecule has 0 saturated heterocycles. The topological polar surface area (TPSA) is 90.9 Å². The van der Waals surface area contributed by atoms with E-state index in [9.17, 15) is 4.79 Å². The van der Waals surface area contributed by atoms with Crippen molar-refractivity contribution in [1.82, 2.24) is 4.98 Å². The highest BCUT2D eigenvalue weighted by Gasteiger charge is 2.15. The van der Waals surface area contributed by atoms with E-state index >= 15 is 0 Å². The Morgan fingerprint density at radius 1 is 0.759 bits per heavy atom. The highest BCUT2D eigenvalue weighted by atomic mass is 16.7. The Kier molecular flexibility index (Phi) is 4.28. The summed E-state index contributed by atoms with van der Waals surface area (Å²) < 4.78 is 21.7. The molecule has 8 nitrogen and oxygen atoms in total. The normalized spacial score (nSPS) is 13.7. The summed E-state index contributed by atoms with van der Waals surface area (Å²) in [6.45, 7) is 1.27. The Labute approximate surface area is 166 Å². The van der Waals surface area contributed by atoms with Crippen LogP contribution in [0.1, 0.15) is 10.5 Å². The van der Waals surface area contributed by atoms with Gasteiger partial charge in [-0.05, 0) is 36.4 Å². The number of fused-ring (bicyclic) bond motifs is 2. The maximum absolute atomic E-state index is 12.4. The van der Waals surface area contributed by atoms with Gasteiger partial charge in [0.2, 0.25) is 6.79 Å². The van der Waals surface area contributed by atoms with Gasteiger partial charge in [-0.25, -0.2) is 4.98 Å². The first-order valence-corrected chi connectivity index (χ1v) is 9.08. The number of rotatable bonds is 4. The quantitative estimate of drug-likeness (QED) is 0.702. The number of benzene rings is 2. The number of aromatic nitrogens is 1. The lowest BCUT2D eigenvalue weighted by atomic mass is 10.2. The van der Waals surface area contributed by atoms with Gasteiger partial charge in [-0.3, -0.25) is 4.79 Å². The number of carbonyl (C=O) groups excluding carboxylic acids is 1. The number of hydrogen-bond donors (Lipinski definition) is 2. The Morgan fingerprint density at radius 2 is 1.41 bits per heavy atom. The molecule has 0 atom stereocenters. The minimum absolute atomic E-state index is 0.187. The first-order valence-electron chi connectivity index (χ1n) is 9.08. The van der Waals surface area contributed by atoms with Crippen LogP contribution in [-0.2, 0) is 0 Å². The fraction of sp³-hybridized carbons (Fsp3) is 0.143. The molecule has 2 N–H and O–H groups in total. The van der Waals surface area contributed by atoms with Crippen molar-refractivity contribution in [2.24, 2.45) is 0 Å². The van der Waals surface area contributed by atoms with Gasteiger partial charge in [0, 0.05) is 23.5 Å². The number of nitrogens with one attached hydrogen (secondary N) is 2. The molecule has 0 fully saturated rings. The van der Waals surface area contributed by atoms with Crippen LogP contribution in [0.25, 0.3) is 0 Å². The summed E-state index contributed by atoms with van der Waals surface area (Å²) >= 11 is 0. The summed E-state index contributed by atoms with van der Waals surface area (Å²) in [5, 5.41) is 6.04. The lowest BCUT2D eigenvalue weighted by Crippen LogP contribution is -2.15. The summed E-state index contributed by atoms with van der Waals surface area (Å²) in [7, 11) is 0. The summed E-state index contributed by atoms with van der Waals surface area (Å²) in [6, 6.07) is 14.3. The second-order valence-corrected chi connectivity index (χ2v) is 6.44. The van der Waals surface area contributed by atoms with Crippen LogP contribution in [0.5, 0.6) is 23.0 Å². The van der Waals surface area contributed by atoms with Gasteiger partial charge < -0.3 is 29.6 Å². The van der Waals surface area contributed by atoms with E-state index in [0.29, 0.717) is 41.8 Å². The smallest absolute Gasteiger partial charge is 0.274 e. The van der Waals surface area contributed by atoms with Crippen molar-refractivity contribution in [1.29, 1.82) is 0 Å². The molecule has 29 heavy (non-hydrogen) atoms. The molecule has 0 saturated carbocycles. The first kappa shape index (κ1) is 17.2. The van der Waals surface area contributed by atoms with Crippen molar-refractivity contribution >= 4 is 23.0 Å². The predicted molar refractivity (Wildman–Crippen MR) is 105 cm³/mol. The monoisotopic (exact) mass is 391 g/mol. The molecule has 146 valence electrons. The lowest BCUT2D eigenvalue weighted by molar-refractivity contribution is 0.102. The van der Waals surface area contributed by atoms with Gasteiger partial charge in [-0.15, -0.1) is 0 Å². The Bertz CT molecular complexity index is 1070. The molecule has 2 aromatic carbocycles. The fourth-order valence-corrected chi connectivity index (χ4v) is 3.06. The Hall–Kier alpha value is -3.94. The third-order valence-corrected chi connectivity index (χ3v) is 4.46. The predicted octanol–water partition coefficient (Wildman–Crippen LogP) is 3.58. The maximum atomic E-state index is 12.4. The molecule has 0 spiro atoms. The van der Waals surface area contributed by atoms with Crippen LogP contribution in [0.4, 0.5) is 17.1 Å². The van der Waals surface area contributed by atoms with E-state index in [2.05, 4.69) is 15.6 Å². The SMILES string of the molecule is O=C(Nc1ccc2c(c1)OCO2)c1ccc(Nc2ccc3c(c2)OCCO3)cn1. The first-order chi connectivity index (χ1) is 14.2. The molecular formula is C21H17N3O5. The van der Waals surface area contributed by atoms with E-state index in [1.54, 1.807) is 36.5 Å². The molecule has 0 unspecified atom stereocenters. The second-order valence-electron chi connectivity index (χ2n) is 6.44. The molecule has 5 rings (SSSR count). The minimum Gasteiger partial charge on any atom is -0.486 e. The van der Waals surface area contributed by atoms with E-state index in [1.165, 1.54) is 0 Å². The van der Waals surface area contributed by atoms with Gasteiger partial charge in [0.05, 0.1) is 11.9 Å². The highest BCUT2D eigenvalue weighted by molar-refractivity contribution is 6.03. The summed E-state index contributed by atoms with van der Waals surface area (Å²) in [6.07, 6.45) is 1.60. The van der Waals surface area contributed by atoms with E-state index in [4.69, 9.17) is 18.9 Å². The standard InChI is InChI=1S/C21H17N3O5/c25-21(24-14-3-6-18-20(10-14)29-12-28-18)16-4-1-15(11-22-16)23-13-2-5-17-19(9-13)27-8-7-26-17/h1-6,9-11,23H,7-8,12H2,(H,24,25). The van der Waals surface area contributed by atoms with Crippen LogP contribution >= 0.6 is 0 Å². The highest BCUT2D eigenvalue weighted by Crippen LogP contribution is 2.35. The van der Waals surface area contributed by atoms with Gasteiger partial charge in [-0.2, -0.15) is 0 Å². The molecule has 1 amide bonds. The van der Waals surface area contributed by atoms with Crippen molar-refractivity contribution in [3.8, 4) is 23.0 Å². The van der Waals surface area contributed by atoms with E-state index in [1.807, 2.05) is 18.2 Å². The van der Waals surface area contributed by atoms with Gasteiger partial charge >= 0.3 is 0 Å². The summed E-state index contributed by atoms with van der Waals surface area (Å²) in [5.41, 5.74) is 2.50. The second kappa shape index (κ2) is 7.23. The number of nitrogens with zero attached hydrogens (tertiary/aromatic N) is 1. The molecule has 8 heteroatoms. The molecule has 0 radical (unpaired) electrons. The van der Waals surface area contributed by atoms with E-state index < -0.39 is 0 Å². The average molecular weight is 391 g/mol. The van der Waals surface area contributed by atoms with Crippen molar-refractivity contribution in [3.63, 3.8) is 0 Å². The van der Waals surface area contributed by atoms with Crippen LogP contribution in [0, 0.1) is 0 Å². The van der Waals surface area contributed by atoms with Gasteiger partial charge in [0.25, 0.3) is 5.91 Å². The molecule has 2 aliphatic rings. The molecule has 0 aliphatic carbocycles. The molecule has 3 heterocycles. The van der Waals surface area contributed by atoms with E-state index in [-0.39, 0.29) is 12.7 Å². The van der Waals surface area contributed by atoms with Crippen LogP contribution in [0.3, 0.4) is 0 Å². The number of pyridine rings is 1. The van der Waals surface area contributed by atoms with Crippen LogP contribution in [0.15, 0.2) is 54.7 Å². The number of amides is 1. The number of carbonyl (C=O) groups is 1. The largest absolute Gasteiger partial charge is 0.486 e. The maximum Gasteiger partial charge on any atom is 0.274 e. The van der Waals surface area contributed by atoms with Crippen molar-refractivity contribution in [3.05, 3.63) is 60.4 Å². The van der Waals surface area contributed by atoms with Crippen molar-refractivity contribution in [2.75, 3.05) is 30.6 Å². The zero-order valence-electron chi connectivity index (χ0n) is 15.3. The zero-order chi connectivity index (χ0) is 19.6. The molecule has 0 bridgehead atoms. The minimum atomic E-state index is -0.310. The van der Waals surface area contributed by atoms with Gasteiger partial charge in [-0.1, -0.05) is 0 Å². The third kappa shape index (κ3) is 3.60. The average Bonchev–Trinajstić information content (AvgIpc) is 3.22. The third-order valence-electron chi connectivity index (χ3n) is 4.46. The van der Waals surface area contributed by atoms with Crippen molar-refractivity contribution in [2.45, 2.75) is 0 Å². The van der Waals surface area contributed by atoms with Crippen LogP contribution in [0.2, 0.25) is 0 Å². The number of hydrogen-bond acceptors (Lipinski definition) is 7.